The van der Waals surface area contributed by atoms with Crippen LogP contribution in [-0.2, 0) is 26.1 Å². The van der Waals surface area contributed by atoms with Crippen LogP contribution in [0, 0.1) is 0 Å². The monoisotopic (exact) mass is 441 g/mol. The third-order valence-corrected chi connectivity index (χ3v) is 7.16. The Labute approximate surface area is 180 Å². The SMILES string of the molecule is C=CCONC(=O)[C@H]1c2[nH]c3ccccc3c2CCN1S(=O)(=O)c1ccc(OC)cc1. The van der Waals surface area contributed by atoms with Crippen LogP contribution < -0.4 is 10.2 Å². The van der Waals surface area contributed by atoms with Crippen molar-refractivity contribution in [1.29, 1.82) is 0 Å². The highest BCUT2D eigenvalue weighted by Gasteiger charge is 2.42. The Morgan fingerprint density at radius 3 is 2.71 bits per heavy atom. The van der Waals surface area contributed by atoms with E-state index < -0.39 is 22.0 Å². The molecular formula is C22H23N3O5S. The number of H-pyrrole nitrogens is 1. The number of amides is 1. The molecular weight excluding hydrogens is 418 g/mol. The molecule has 4 rings (SSSR count). The van der Waals surface area contributed by atoms with Crippen LogP contribution in [0.15, 0.2) is 66.1 Å². The molecule has 1 atom stereocenters. The molecule has 1 aromatic heterocycles. The van der Waals surface area contributed by atoms with Gasteiger partial charge in [-0.2, -0.15) is 4.31 Å². The molecule has 1 aliphatic heterocycles. The third-order valence-electron chi connectivity index (χ3n) is 5.28. The number of carbonyl (C=O) groups excluding carboxylic acids is 1. The first-order valence-corrected chi connectivity index (χ1v) is 11.2. The van der Waals surface area contributed by atoms with Gasteiger partial charge in [0.15, 0.2) is 0 Å². The minimum Gasteiger partial charge on any atom is -0.497 e. The van der Waals surface area contributed by atoms with Gasteiger partial charge in [0.05, 0.1) is 18.6 Å². The highest BCUT2D eigenvalue weighted by molar-refractivity contribution is 7.89. The lowest BCUT2D eigenvalue weighted by molar-refractivity contribution is -0.137. The van der Waals surface area contributed by atoms with Gasteiger partial charge in [0.2, 0.25) is 10.0 Å². The maximum absolute atomic E-state index is 13.5. The van der Waals surface area contributed by atoms with Crippen molar-refractivity contribution in [3.05, 3.63) is 72.4 Å². The van der Waals surface area contributed by atoms with E-state index in [2.05, 4.69) is 17.0 Å². The van der Waals surface area contributed by atoms with Crippen molar-refractivity contribution in [1.82, 2.24) is 14.8 Å². The summed E-state index contributed by atoms with van der Waals surface area (Å²) in [5.41, 5.74) is 4.68. The lowest BCUT2D eigenvalue weighted by atomic mass is 9.99. The standard InChI is InChI=1S/C22H23N3O5S/c1-3-14-30-24-22(26)21-20-18(17-6-4-5-7-19(17)23-20)12-13-25(21)31(27,28)16-10-8-15(29-2)9-11-16/h3-11,21,23H,1,12-14H2,2H3,(H,24,26)/t21-/m1/s1. The zero-order valence-electron chi connectivity index (χ0n) is 17.0. The lowest BCUT2D eigenvalue weighted by Gasteiger charge is -2.33. The van der Waals surface area contributed by atoms with Crippen LogP contribution >= 0.6 is 0 Å². The van der Waals surface area contributed by atoms with Crippen LogP contribution in [0.4, 0.5) is 0 Å². The summed E-state index contributed by atoms with van der Waals surface area (Å²) in [5, 5.41) is 0.976. The van der Waals surface area contributed by atoms with E-state index in [1.807, 2.05) is 24.3 Å². The Kier molecular flexibility index (Phi) is 5.81. The van der Waals surface area contributed by atoms with Crippen molar-refractivity contribution in [2.45, 2.75) is 17.4 Å². The van der Waals surface area contributed by atoms with Crippen LogP contribution in [0.3, 0.4) is 0 Å². The Bertz CT molecular complexity index is 1220. The molecule has 1 amide bonds. The number of para-hydroxylation sites is 1. The van der Waals surface area contributed by atoms with E-state index in [0.717, 1.165) is 16.5 Å². The number of carbonyl (C=O) groups is 1. The summed E-state index contributed by atoms with van der Waals surface area (Å²) in [6, 6.07) is 12.7. The van der Waals surface area contributed by atoms with Crippen LogP contribution in [0.1, 0.15) is 17.3 Å². The number of hydrogen-bond acceptors (Lipinski definition) is 5. The minimum absolute atomic E-state index is 0.0812. The zero-order valence-corrected chi connectivity index (χ0v) is 17.8. The summed E-state index contributed by atoms with van der Waals surface area (Å²) < 4.78 is 33.3. The number of nitrogens with zero attached hydrogens (tertiary/aromatic N) is 1. The highest BCUT2D eigenvalue weighted by Crippen LogP contribution is 2.37. The molecule has 9 heteroatoms. The second kappa shape index (κ2) is 8.54. The molecule has 2 heterocycles. The van der Waals surface area contributed by atoms with E-state index >= 15 is 0 Å². The molecule has 0 spiro atoms. The minimum atomic E-state index is -3.97. The second-order valence-electron chi connectivity index (χ2n) is 7.07. The first kappa shape index (κ1) is 21.1. The number of aromatic nitrogens is 1. The summed E-state index contributed by atoms with van der Waals surface area (Å²) in [5.74, 6) is -0.0333. The quantitative estimate of drug-likeness (QED) is 0.334. The van der Waals surface area contributed by atoms with Crippen LogP contribution in [0.2, 0.25) is 0 Å². The van der Waals surface area contributed by atoms with E-state index in [0.29, 0.717) is 17.9 Å². The van der Waals surface area contributed by atoms with Gasteiger partial charge in [-0.15, -0.1) is 6.58 Å². The largest absolute Gasteiger partial charge is 0.497 e. The van der Waals surface area contributed by atoms with Crippen molar-refractivity contribution in [3.63, 3.8) is 0 Å². The molecule has 0 bridgehead atoms. The summed E-state index contributed by atoms with van der Waals surface area (Å²) in [6.45, 7) is 3.80. The number of benzene rings is 2. The number of ether oxygens (including phenoxy) is 1. The van der Waals surface area contributed by atoms with E-state index in [9.17, 15) is 13.2 Å². The van der Waals surface area contributed by atoms with Crippen LogP contribution in [0.25, 0.3) is 10.9 Å². The van der Waals surface area contributed by atoms with Gasteiger partial charge in [0.25, 0.3) is 5.91 Å². The van der Waals surface area contributed by atoms with Crippen LogP contribution in [-0.4, -0.2) is 43.9 Å². The summed E-state index contributed by atoms with van der Waals surface area (Å²) in [4.78, 5) is 21.5. The molecule has 0 radical (unpaired) electrons. The summed E-state index contributed by atoms with van der Waals surface area (Å²) >= 11 is 0. The third kappa shape index (κ3) is 3.83. The number of hydroxylamine groups is 1. The molecule has 0 unspecified atom stereocenters. The zero-order chi connectivity index (χ0) is 22.0. The Morgan fingerprint density at radius 2 is 2.00 bits per heavy atom. The topological polar surface area (TPSA) is 101 Å². The molecule has 3 aromatic rings. The fraction of sp³-hybridized carbons (Fsp3) is 0.227. The number of aromatic amines is 1. The number of fused-ring (bicyclic) bond motifs is 3. The summed E-state index contributed by atoms with van der Waals surface area (Å²) in [6.07, 6.45) is 1.97. The molecule has 31 heavy (non-hydrogen) atoms. The molecule has 1 aliphatic rings. The number of methoxy groups -OCH3 is 1. The lowest BCUT2D eigenvalue weighted by Crippen LogP contribution is -2.47. The Morgan fingerprint density at radius 1 is 1.26 bits per heavy atom. The Balaban J connectivity index is 1.78. The molecule has 0 saturated heterocycles. The predicted octanol–water partition coefficient (Wildman–Crippen LogP) is 2.70. The van der Waals surface area contributed by atoms with Gasteiger partial charge in [0, 0.05) is 23.1 Å². The number of hydrogen-bond donors (Lipinski definition) is 2. The molecule has 2 N–H and O–H groups in total. The van der Waals surface area contributed by atoms with E-state index in [1.165, 1.54) is 29.6 Å². The molecule has 2 aromatic carbocycles. The second-order valence-corrected chi connectivity index (χ2v) is 8.96. The average molecular weight is 442 g/mol. The highest BCUT2D eigenvalue weighted by atomic mass is 32.2. The smallest absolute Gasteiger partial charge is 0.268 e. The van der Waals surface area contributed by atoms with Crippen molar-refractivity contribution in [3.8, 4) is 5.75 Å². The molecule has 0 aliphatic carbocycles. The number of sulfonamides is 1. The molecule has 8 nitrogen and oxygen atoms in total. The Hall–Kier alpha value is -3.14. The first-order chi connectivity index (χ1) is 15.0. The van der Waals surface area contributed by atoms with Gasteiger partial charge in [0.1, 0.15) is 11.8 Å². The van der Waals surface area contributed by atoms with E-state index in [-0.39, 0.29) is 18.0 Å². The normalized spacial score (nSPS) is 16.6. The first-order valence-electron chi connectivity index (χ1n) is 9.75. The van der Waals surface area contributed by atoms with Crippen molar-refractivity contribution < 1.29 is 22.8 Å². The fourth-order valence-electron chi connectivity index (χ4n) is 3.85. The maximum Gasteiger partial charge on any atom is 0.268 e. The number of nitrogens with one attached hydrogen (secondary N) is 2. The molecule has 0 fully saturated rings. The van der Waals surface area contributed by atoms with Crippen molar-refractivity contribution >= 4 is 26.8 Å². The van der Waals surface area contributed by atoms with Crippen molar-refractivity contribution in [2.24, 2.45) is 0 Å². The van der Waals surface area contributed by atoms with Gasteiger partial charge >= 0.3 is 0 Å². The van der Waals surface area contributed by atoms with Gasteiger partial charge in [-0.1, -0.05) is 24.3 Å². The van der Waals surface area contributed by atoms with Crippen molar-refractivity contribution in [2.75, 3.05) is 20.3 Å². The maximum atomic E-state index is 13.5. The summed E-state index contributed by atoms with van der Waals surface area (Å²) in [7, 11) is -2.46. The fourth-order valence-corrected chi connectivity index (χ4v) is 5.41. The number of rotatable bonds is 7. The van der Waals surface area contributed by atoms with Gasteiger partial charge in [-0.25, -0.2) is 13.9 Å². The van der Waals surface area contributed by atoms with Gasteiger partial charge < -0.3 is 9.72 Å². The van der Waals surface area contributed by atoms with Gasteiger partial charge in [-0.05, 0) is 42.3 Å². The van der Waals surface area contributed by atoms with E-state index in [1.54, 1.807) is 12.1 Å². The molecule has 0 saturated carbocycles. The predicted molar refractivity (Wildman–Crippen MR) is 116 cm³/mol. The van der Waals surface area contributed by atoms with Gasteiger partial charge in [-0.3, -0.25) is 9.63 Å². The average Bonchev–Trinajstić information content (AvgIpc) is 3.17. The van der Waals surface area contributed by atoms with Crippen LogP contribution in [0.5, 0.6) is 5.75 Å². The van der Waals surface area contributed by atoms with E-state index in [4.69, 9.17) is 9.57 Å². The molecule has 162 valence electrons.